The Morgan fingerprint density at radius 1 is 0.917 bits per heavy atom. The zero-order valence-corrected chi connectivity index (χ0v) is 14.3. The van der Waals surface area contributed by atoms with Gasteiger partial charge in [0.15, 0.2) is 22.2 Å². The average Bonchev–Trinajstić information content (AvgIpc) is 2.58. The van der Waals surface area contributed by atoms with Gasteiger partial charge in [-0.25, -0.2) is 13.2 Å². The second-order valence-electron chi connectivity index (χ2n) is 5.35. The predicted molar refractivity (Wildman–Crippen MR) is 90.0 cm³/mol. The SMILES string of the molecule is CCc1ccc(C(=O)COC(=O)c2ccc(S(C)(=O)=O)cc2)cc1. The Hall–Kier alpha value is -2.47. The van der Waals surface area contributed by atoms with Crippen LogP contribution in [0.2, 0.25) is 0 Å². The van der Waals surface area contributed by atoms with Crippen LogP contribution in [0, 0.1) is 0 Å². The number of aryl methyl sites for hydroxylation is 1. The Morgan fingerprint density at radius 2 is 1.46 bits per heavy atom. The number of hydrogen-bond acceptors (Lipinski definition) is 5. The molecule has 0 atom stereocenters. The van der Waals surface area contributed by atoms with Gasteiger partial charge in [0, 0.05) is 11.8 Å². The number of hydrogen-bond donors (Lipinski definition) is 0. The van der Waals surface area contributed by atoms with Crippen LogP contribution in [-0.4, -0.2) is 33.0 Å². The molecular weight excluding hydrogens is 328 g/mol. The number of Topliss-reactive ketones (excluding diaryl/α,β-unsaturated/α-hetero) is 1. The van der Waals surface area contributed by atoms with Gasteiger partial charge in [-0.15, -0.1) is 0 Å². The molecule has 24 heavy (non-hydrogen) atoms. The summed E-state index contributed by atoms with van der Waals surface area (Å²) >= 11 is 0. The van der Waals surface area contributed by atoms with Crippen molar-refractivity contribution in [3.63, 3.8) is 0 Å². The van der Waals surface area contributed by atoms with Gasteiger partial charge < -0.3 is 4.74 Å². The molecule has 0 radical (unpaired) electrons. The molecule has 0 bridgehead atoms. The molecule has 2 rings (SSSR count). The number of sulfone groups is 1. The van der Waals surface area contributed by atoms with Gasteiger partial charge in [0.1, 0.15) is 0 Å². The second-order valence-corrected chi connectivity index (χ2v) is 7.36. The van der Waals surface area contributed by atoms with Gasteiger partial charge >= 0.3 is 5.97 Å². The number of rotatable bonds is 6. The van der Waals surface area contributed by atoms with E-state index in [4.69, 9.17) is 4.74 Å². The Balaban J connectivity index is 1.98. The van der Waals surface area contributed by atoms with Gasteiger partial charge in [0.05, 0.1) is 10.5 Å². The van der Waals surface area contributed by atoms with Crippen LogP contribution in [0.3, 0.4) is 0 Å². The van der Waals surface area contributed by atoms with Crippen LogP contribution in [-0.2, 0) is 21.0 Å². The summed E-state index contributed by atoms with van der Waals surface area (Å²) < 4.78 is 27.7. The van der Waals surface area contributed by atoms with Crippen molar-refractivity contribution in [1.82, 2.24) is 0 Å². The second kappa shape index (κ2) is 7.40. The van der Waals surface area contributed by atoms with Crippen molar-refractivity contribution < 1.29 is 22.7 Å². The van der Waals surface area contributed by atoms with Gasteiger partial charge in [-0.3, -0.25) is 4.79 Å². The summed E-state index contributed by atoms with van der Waals surface area (Å²) in [7, 11) is -3.32. The molecule has 6 heteroatoms. The van der Waals surface area contributed by atoms with Crippen molar-refractivity contribution in [2.24, 2.45) is 0 Å². The van der Waals surface area contributed by atoms with E-state index in [1.54, 1.807) is 12.1 Å². The molecular formula is C18H18O5S. The topological polar surface area (TPSA) is 77.5 Å². The van der Waals surface area contributed by atoms with E-state index in [0.717, 1.165) is 18.2 Å². The van der Waals surface area contributed by atoms with E-state index in [0.29, 0.717) is 5.56 Å². The van der Waals surface area contributed by atoms with Crippen LogP contribution in [0.5, 0.6) is 0 Å². The molecule has 0 aliphatic heterocycles. The highest BCUT2D eigenvalue weighted by Gasteiger charge is 2.13. The van der Waals surface area contributed by atoms with Crippen molar-refractivity contribution in [2.75, 3.05) is 12.9 Å². The van der Waals surface area contributed by atoms with E-state index >= 15 is 0 Å². The van der Waals surface area contributed by atoms with E-state index in [1.165, 1.54) is 24.3 Å². The molecule has 5 nitrogen and oxygen atoms in total. The molecule has 2 aromatic rings. The number of carbonyl (C=O) groups excluding carboxylic acids is 2. The highest BCUT2D eigenvalue weighted by Crippen LogP contribution is 2.12. The molecule has 0 aliphatic rings. The van der Waals surface area contributed by atoms with E-state index in [2.05, 4.69) is 0 Å². The zero-order chi connectivity index (χ0) is 17.7. The molecule has 0 amide bonds. The Kier molecular flexibility index (Phi) is 5.51. The highest BCUT2D eigenvalue weighted by atomic mass is 32.2. The first-order valence-corrected chi connectivity index (χ1v) is 9.30. The van der Waals surface area contributed by atoms with Gasteiger partial charge in [-0.2, -0.15) is 0 Å². The van der Waals surface area contributed by atoms with Gasteiger partial charge in [-0.05, 0) is 36.2 Å². The minimum atomic E-state index is -3.32. The van der Waals surface area contributed by atoms with Crippen molar-refractivity contribution in [3.05, 3.63) is 65.2 Å². The molecule has 0 saturated carbocycles. The van der Waals surface area contributed by atoms with E-state index in [9.17, 15) is 18.0 Å². The van der Waals surface area contributed by atoms with E-state index in [-0.39, 0.29) is 22.8 Å². The third kappa shape index (κ3) is 4.52. The van der Waals surface area contributed by atoms with Gasteiger partial charge in [0.2, 0.25) is 0 Å². The number of ketones is 1. The molecule has 126 valence electrons. The van der Waals surface area contributed by atoms with E-state index in [1.807, 2.05) is 19.1 Å². The van der Waals surface area contributed by atoms with Crippen molar-refractivity contribution in [3.8, 4) is 0 Å². The van der Waals surface area contributed by atoms with Crippen LogP contribution < -0.4 is 0 Å². The molecule has 0 aliphatic carbocycles. The summed E-state index contributed by atoms with van der Waals surface area (Å²) in [5.74, 6) is -0.965. The van der Waals surface area contributed by atoms with Crippen LogP contribution >= 0.6 is 0 Å². The molecule has 0 aromatic heterocycles. The summed E-state index contributed by atoms with van der Waals surface area (Å²) in [6, 6.07) is 12.5. The number of benzene rings is 2. The normalized spacial score (nSPS) is 11.1. The summed E-state index contributed by atoms with van der Waals surface area (Å²) in [5.41, 5.74) is 1.79. The monoisotopic (exact) mass is 346 g/mol. The average molecular weight is 346 g/mol. The van der Waals surface area contributed by atoms with E-state index < -0.39 is 15.8 Å². The number of carbonyl (C=O) groups is 2. The summed E-state index contributed by atoms with van der Waals surface area (Å²) in [6.45, 7) is 1.66. The molecule has 0 unspecified atom stereocenters. The lowest BCUT2D eigenvalue weighted by molar-refractivity contribution is 0.0474. The minimum absolute atomic E-state index is 0.117. The van der Waals surface area contributed by atoms with Crippen molar-refractivity contribution in [2.45, 2.75) is 18.2 Å². The first-order valence-electron chi connectivity index (χ1n) is 7.40. The number of esters is 1. The molecule has 0 fully saturated rings. The lowest BCUT2D eigenvalue weighted by Gasteiger charge is -2.06. The minimum Gasteiger partial charge on any atom is -0.454 e. The largest absolute Gasteiger partial charge is 0.454 e. The van der Waals surface area contributed by atoms with Crippen LogP contribution in [0.15, 0.2) is 53.4 Å². The molecule has 0 spiro atoms. The summed E-state index contributed by atoms with van der Waals surface area (Å²) in [6.07, 6.45) is 1.97. The van der Waals surface area contributed by atoms with Gasteiger partial charge in [-0.1, -0.05) is 31.2 Å². The van der Waals surface area contributed by atoms with Crippen LogP contribution in [0.1, 0.15) is 33.2 Å². The standard InChI is InChI=1S/C18H18O5S/c1-3-13-4-6-14(7-5-13)17(19)12-23-18(20)15-8-10-16(11-9-15)24(2,21)22/h4-11H,3,12H2,1-2H3. The maximum atomic E-state index is 12.0. The van der Waals surface area contributed by atoms with Crippen LogP contribution in [0.4, 0.5) is 0 Å². The smallest absolute Gasteiger partial charge is 0.338 e. The lowest BCUT2D eigenvalue weighted by Crippen LogP contribution is -2.14. The summed E-state index contributed by atoms with van der Waals surface area (Å²) in [5, 5.41) is 0. The fourth-order valence-corrected chi connectivity index (χ4v) is 2.69. The molecule has 0 heterocycles. The lowest BCUT2D eigenvalue weighted by atomic mass is 10.1. The Bertz CT molecular complexity index is 834. The van der Waals surface area contributed by atoms with Crippen molar-refractivity contribution >= 4 is 21.6 Å². The molecule has 2 aromatic carbocycles. The third-order valence-electron chi connectivity index (χ3n) is 3.54. The fraction of sp³-hybridized carbons (Fsp3) is 0.222. The maximum Gasteiger partial charge on any atom is 0.338 e. The molecule has 0 N–H and O–H groups in total. The quantitative estimate of drug-likeness (QED) is 0.594. The highest BCUT2D eigenvalue weighted by molar-refractivity contribution is 7.90. The fourth-order valence-electron chi connectivity index (χ4n) is 2.06. The molecule has 0 saturated heterocycles. The van der Waals surface area contributed by atoms with Gasteiger partial charge in [0.25, 0.3) is 0 Å². The zero-order valence-electron chi connectivity index (χ0n) is 13.5. The van der Waals surface area contributed by atoms with Crippen LogP contribution in [0.25, 0.3) is 0 Å². The van der Waals surface area contributed by atoms with Crippen molar-refractivity contribution in [1.29, 1.82) is 0 Å². The Labute approximate surface area is 141 Å². The predicted octanol–water partition coefficient (Wildman–Crippen LogP) is 2.69. The maximum absolute atomic E-state index is 12.0. The first-order chi connectivity index (χ1) is 11.3. The number of ether oxygens (including phenoxy) is 1. The Morgan fingerprint density at radius 3 is 1.96 bits per heavy atom. The first kappa shape index (κ1) is 17.9. The summed E-state index contributed by atoms with van der Waals surface area (Å²) in [4.78, 5) is 24.0. The third-order valence-corrected chi connectivity index (χ3v) is 4.67.